The summed E-state index contributed by atoms with van der Waals surface area (Å²) < 4.78 is 7.06. The van der Waals surface area contributed by atoms with Crippen molar-refractivity contribution in [3.8, 4) is 5.88 Å². The SMILES string of the molecule is CCn1c(=O)[nH]c(=O)c2c(C(=O)NCc3cccnc3OC(C)C)cc(C(C)C)nc21. The molecule has 3 heterocycles. The molecule has 0 aromatic carbocycles. The van der Waals surface area contributed by atoms with Gasteiger partial charge < -0.3 is 10.1 Å². The second-order valence-corrected chi connectivity index (χ2v) is 7.77. The van der Waals surface area contributed by atoms with Crippen LogP contribution in [-0.4, -0.2) is 31.5 Å². The molecule has 0 aliphatic carbocycles. The van der Waals surface area contributed by atoms with E-state index in [1.807, 2.05) is 33.8 Å². The number of carbonyl (C=O) groups is 1. The summed E-state index contributed by atoms with van der Waals surface area (Å²) in [5.74, 6) is -0.00149. The summed E-state index contributed by atoms with van der Waals surface area (Å²) in [6.45, 7) is 9.92. The number of rotatable bonds is 7. The van der Waals surface area contributed by atoms with E-state index in [9.17, 15) is 14.4 Å². The minimum Gasteiger partial charge on any atom is -0.475 e. The van der Waals surface area contributed by atoms with Crippen LogP contribution in [0.3, 0.4) is 0 Å². The molecular formula is C22H27N5O4. The van der Waals surface area contributed by atoms with Crippen LogP contribution >= 0.6 is 0 Å². The largest absolute Gasteiger partial charge is 0.475 e. The van der Waals surface area contributed by atoms with Gasteiger partial charge in [0.2, 0.25) is 5.88 Å². The van der Waals surface area contributed by atoms with Crippen LogP contribution in [0.4, 0.5) is 0 Å². The zero-order valence-corrected chi connectivity index (χ0v) is 18.4. The number of nitrogens with one attached hydrogen (secondary N) is 2. The standard InChI is InChI=1S/C22H27N5O4/c1-6-27-18-17(20(29)26-22(27)30)15(10-16(25-18)12(2)3)19(28)24-11-14-8-7-9-23-21(14)31-13(4)5/h7-10,12-13H,6,11H2,1-5H3,(H,24,28)(H,26,29,30). The Labute approximate surface area is 179 Å². The number of fused-ring (bicyclic) bond motifs is 1. The molecule has 0 radical (unpaired) electrons. The average Bonchev–Trinajstić information content (AvgIpc) is 2.71. The Morgan fingerprint density at radius 1 is 1.26 bits per heavy atom. The molecule has 3 rings (SSSR count). The van der Waals surface area contributed by atoms with Crippen molar-refractivity contribution in [2.75, 3.05) is 0 Å². The van der Waals surface area contributed by atoms with E-state index in [0.29, 0.717) is 23.7 Å². The second kappa shape index (κ2) is 9.11. The molecule has 3 aromatic heterocycles. The van der Waals surface area contributed by atoms with Crippen LogP contribution in [0.1, 0.15) is 62.2 Å². The number of hydrogen-bond donors (Lipinski definition) is 2. The molecule has 31 heavy (non-hydrogen) atoms. The molecule has 0 unspecified atom stereocenters. The fraction of sp³-hybridized carbons (Fsp3) is 0.409. The molecule has 0 aliphatic heterocycles. The highest BCUT2D eigenvalue weighted by Gasteiger charge is 2.20. The molecular weight excluding hydrogens is 398 g/mol. The van der Waals surface area contributed by atoms with Crippen LogP contribution < -0.4 is 21.3 Å². The maximum Gasteiger partial charge on any atom is 0.329 e. The van der Waals surface area contributed by atoms with Crippen LogP contribution in [0.5, 0.6) is 5.88 Å². The summed E-state index contributed by atoms with van der Waals surface area (Å²) in [7, 11) is 0. The minimum atomic E-state index is -0.636. The first-order valence-electron chi connectivity index (χ1n) is 10.3. The molecule has 0 saturated heterocycles. The lowest BCUT2D eigenvalue weighted by molar-refractivity contribution is 0.0951. The first-order chi connectivity index (χ1) is 14.7. The fourth-order valence-electron chi connectivity index (χ4n) is 3.22. The number of H-pyrrole nitrogens is 1. The van der Waals surface area contributed by atoms with E-state index in [1.165, 1.54) is 4.57 Å². The van der Waals surface area contributed by atoms with E-state index in [4.69, 9.17) is 4.74 Å². The molecule has 1 amide bonds. The van der Waals surface area contributed by atoms with Gasteiger partial charge in [0.25, 0.3) is 11.5 Å². The predicted molar refractivity (Wildman–Crippen MR) is 118 cm³/mol. The van der Waals surface area contributed by atoms with Crippen molar-refractivity contribution in [2.24, 2.45) is 0 Å². The number of aromatic amines is 1. The first-order valence-corrected chi connectivity index (χ1v) is 10.3. The Morgan fingerprint density at radius 2 is 2.00 bits per heavy atom. The van der Waals surface area contributed by atoms with E-state index < -0.39 is 17.2 Å². The van der Waals surface area contributed by atoms with E-state index in [-0.39, 0.29) is 35.2 Å². The lowest BCUT2D eigenvalue weighted by atomic mass is 10.0. The van der Waals surface area contributed by atoms with Gasteiger partial charge in [0, 0.05) is 30.5 Å². The van der Waals surface area contributed by atoms with Crippen LogP contribution in [0.15, 0.2) is 34.0 Å². The Hall–Kier alpha value is -3.49. The molecule has 9 nitrogen and oxygen atoms in total. The highest BCUT2D eigenvalue weighted by Crippen LogP contribution is 2.20. The van der Waals surface area contributed by atoms with Crippen molar-refractivity contribution < 1.29 is 9.53 Å². The third-order valence-electron chi connectivity index (χ3n) is 4.76. The molecule has 164 valence electrons. The number of aryl methyl sites for hydroxylation is 1. The van der Waals surface area contributed by atoms with Crippen molar-refractivity contribution >= 4 is 16.9 Å². The highest BCUT2D eigenvalue weighted by molar-refractivity contribution is 6.05. The predicted octanol–water partition coefficient (Wildman–Crippen LogP) is 2.34. The maximum atomic E-state index is 13.1. The van der Waals surface area contributed by atoms with Gasteiger partial charge in [-0.25, -0.2) is 14.8 Å². The van der Waals surface area contributed by atoms with Crippen LogP contribution in [-0.2, 0) is 13.1 Å². The first kappa shape index (κ1) is 22.2. The van der Waals surface area contributed by atoms with Crippen molar-refractivity contribution in [1.82, 2.24) is 24.8 Å². The number of hydrogen-bond acceptors (Lipinski definition) is 6. The highest BCUT2D eigenvalue weighted by atomic mass is 16.5. The zero-order valence-electron chi connectivity index (χ0n) is 18.4. The Balaban J connectivity index is 2.05. The zero-order chi connectivity index (χ0) is 22.7. The lowest BCUT2D eigenvalue weighted by Gasteiger charge is -2.15. The number of pyridine rings is 2. The fourth-order valence-corrected chi connectivity index (χ4v) is 3.22. The Bertz CT molecular complexity index is 1230. The molecule has 0 saturated carbocycles. The Morgan fingerprint density at radius 3 is 2.65 bits per heavy atom. The van der Waals surface area contributed by atoms with Crippen molar-refractivity contribution in [2.45, 2.75) is 59.7 Å². The number of aromatic nitrogens is 4. The van der Waals surface area contributed by atoms with Gasteiger partial charge in [-0.15, -0.1) is 0 Å². The van der Waals surface area contributed by atoms with Gasteiger partial charge in [-0.05, 0) is 38.8 Å². The monoisotopic (exact) mass is 425 g/mol. The van der Waals surface area contributed by atoms with Gasteiger partial charge in [-0.3, -0.25) is 19.1 Å². The summed E-state index contributed by atoms with van der Waals surface area (Å²) >= 11 is 0. The molecule has 2 N–H and O–H groups in total. The quantitative estimate of drug-likeness (QED) is 0.600. The summed E-state index contributed by atoms with van der Waals surface area (Å²) in [5, 5.41) is 2.93. The van der Waals surface area contributed by atoms with Crippen molar-refractivity contribution in [3.05, 3.63) is 62.1 Å². The molecule has 0 aliphatic rings. The van der Waals surface area contributed by atoms with Crippen LogP contribution in [0.2, 0.25) is 0 Å². The summed E-state index contributed by atoms with van der Waals surface area (Å²) in [5.41, 5.74) is 0.528. The number of carbonyl (C=O) groups excluding carboxylic acids is 1. The molecule has 0 bridgehead atoms. The smallest absolute Gasteiger partial charge is 0.329 e. The second-order valence-electron chi connectivity index (χ2n) is 7.77. The van der Waals surface area contributed by atoms with E-state index in [0.717, 1.165) is 0 Å². The van der Waals surface area contributed by atoms with Crippen LogP contribution in [0.25, 0.3) is 11.0 Å². The average molecular weight is 425 g/mol. The van der Waals surface area contributed by atoms with Gasteiger partial charge in [0.15, 0.2) is 5.65 Å². The maximum absolute atomic E-state index is 13.1. The molecule has 0 fully saturated rings. The molecule has 3 aromatic rings. The van der Waals surface area contributed by atoms with Gasteiger partial charge in [-0.1, -0.05) is 19.9 Å². The van der Waals surface area contributed by atoms with Gasteiger partial charge in [0.05, 0.1) is 17.1 Å². The van der Waals surface area contributed by atoms with E-state index in [2.05, 4.69) is 20.3 Å². The normalized spacial score (nSPS) is 11.3. The molecule has 9 heteroatoms. The van der Waals surface area contributed by atoms with Gasteiger partial charge in [-0.2, -0.15) is 0 Å². The topological polar surface area (TPSA) is 119 Å². The summed E-state index contributed by atoms with van der Waals surface area (Å²) in [6.07, 6.45) is 1.56. The minimum absolute atomic E-state index is 0.0000127. The van der Waals surface area contributed by atoms with Gasteiger partial charge >= 0.3 is 5.69 Å². The van der Waals surface area contributed by atoms with Gasteiger partial charge in [0.1, 0.15) is 0 Å². The summed E-state index contributed by atoms with van der Waals surface area (Å²) in [6, 6.07) is 5.19. The number of amides is 1. The third kappa shape index (κ3) is 4.65. The third-order valence-corrected chi connectivity index (χ3v) is 4.76. The van der Waals surface area contributed by atoms with Crippen LogP contribution in [0, 0.1) is 0 Å². The molecule has 0 atom stereocenters. The Kier molecular flexibility index (Phi) is 6.53. The van der Waals surface area contributed by atoms with E-state index in [1.54, 1.807) is 25.3 Å². The van der Waals surface area contributed by atoms with Crippen molar-refractivity contribution in [3.63, 3.8) is 0 Å². The number of nitrogens with zero attached hydrogens (tertiary/aromatic N) is 3. The summed E-state index contributed by atoms with van der Waals surface area (Å²) in [4.78, 5) is 49.0. The molecule has 0 spiro atoms. The number of ether oxygens (including phenoxy) is 1. The van der Waals surface area contributed by atoms with Crippen molar-refractivity contribution in [1.29, 1.82) is 0 Å². The lowest BCUT2D eigenvalue weighted by Crippen LogP contribution is -2.33. The van der Waals surface area contributed by atoms with E-state index >= 15 is 0 Å².